The van der Waals surface area contributed by atoms with Crippen molar-refractivity contribution in [2.45, 2.75) is 25.3 Å². The zero-order valence-electron chi connectivity index (χ0n) is 10.7. The molecule has 1 aliphatic heterocycles. The summed E-state index contributed by atoms with van der Waals surface area (Å²) in [5, 5.41) is 9.37. The second kappa shape index (κ2) is 6.35. The third kappa shape index (κ3) is 3.43. The predicted octanol–water partition coefficient (Wildman–Crippen LogP) is 0.995. The van der Waals surface area contributed by atoms with E-state index in [1.54, 1.807) is 19.3 Å². The minimum absolute atomic E-state index is 0.156. The normalized spacial score (nSPS) is 18.6. The van der Waals surface area contributed by atoms with Gasteiger partial charge >= 0.3 is 0 Å². The van der Waals surface area contributed by atoms with E-state index in [1.807, 2.05) is 6.07 Å². The summed E-state index contributed by atoms with van der Waals surface area (Å²) in [7, 11) is 1.61. The maximum atomic E-state index is 11.4. The number of pyridine rings is 1. The van der Waals surface area contributed by atoms with E-state index >= 15 is 0 Å². The first kappa shape index (κ1) is 12.8. The summed E-state index contributed by atoms with van der Waals surface area (Å²) in [6.07, 6.45) is 5.31. The Balaban J connectivity index is 1.83. The lowest BCUT2D eigenvalue weighted by Crippen LogP contribution is -2.24. The van der Waals surface area contributed by atoms with Gasteiger partial charge in [0.1, 0.15) is 5.69 Å². The zero-order valence-corrected chi connectivity index (χ0v) is 10.7. The molecule has 18 heavy (non-hydrogen) atoms. The van der Waals surface area contributed by atoms with Gasteiger partial charge in [-0.3, -0.25) is 9.78 Å². The number of hydrogen-bond donors (Lipinski definition) is 3. The van der Waals surface area contributed by atoms with E-state index < -0.39 is 0 Å². The molecule has 0 radical (unpaired) electrons. The average molecular weight is 248 g/mol. The molecule has 5 nitrogen and oxygen atoms in total. The van der Waals surface area contributed by atoms with Crippen molar-refractivity contribution in [3.63, 3.8) is 0 Å². The number of hydrogen-bond acceptors (Lipinski definition) is 4. The van der Waals surface area contributed by atoms with Crippen LogP contribution in [-0.2, 0) is 0 Å². The molecule has 1 saturated heterocycles. The molecule has 98 valence electrons. The van der Waals surface area contributed by atoms with Crippen LogP contribution in [0.2, 0.25) is 0 Å². The molecule has 1 atom stereocenters. The van der Waals surface area contributed by atoms with Gasteiger partial charge in [-0.1, -0.05) is 0 Å². The first-order chi connectivity index (χ1) is 8.79. The highest BCUT2D eigenvalue weighted by Gasteiger charge is 2.13. The Hall–Kier alpha value is -1.62. The third-order valence-electron chi connectivity index (χ3n) is 3.20. The van der Waals surface area contributed by atoms with Gasteiger partial charge in [-0.05, 0) is 37.9 Å². The topological polar surface area (TPSA) is 66.1 Å². The number of amides is 1. The van der Waals surface area contributed by atoms with Gasteiger partial charge in [-0.25, -0.2) is 0 Å². The second-order valence-corrected chi connectivity index (χ2v) is 4.52. The SMILES string of the molecule is CNC(=O)c1cc(NCC[C@@H]2CCCN2)ccn1. The van der Waals surface area contributed by atoms with Gasteiger partial charge in [0, 0.05) is 31.5 Å². The van der Waals surface area contributed by atoms with Crippen molar-refractivity contribution < 1.29 is 4.79 Å². The number of nitrogens with zero attached hydrogens (tertiary/aromatic N) is 1. The van der Waals surface area contributed by atoms with Gasteiger partial charge in [0.05, 0.1) is 0 Å². The lowest BCUT2D eigenvalue weighted by Gasteiger charge is -2.11. The molecule has 0 spiro atoms. The van der Waals surface area contributed by atoms with Crippen LogP contribution in [0.5, 0.6) is 0 Å². The van der Waals surface area contributed by atoms with Crippen molar-refractivity contribution in [2.75, 3.05) is 25.5 Å². The molecule has 1 aromatic heterocycles. The summed E-state index contributed by atoms with van der Waals surface area (Å²) in [6, 6.07) is 4.30. The molecule has 0 aliphatic carbocycles. The van der Waals surface area contributed by atoms with Crippen molar-refractivity contribution in [1.29, 1.82) is 0 Å². The Kier molecular flexibility index (Phi) is 4.52. The fourth-order valence-electron chi connectivity index (χ4n) is 2.19. The molecule has 2 rings (SSSR count). The van der Waals surface area contributed by atoms with Crippen LogP contribution in [0.1, 0.15) is 29.8 Å². The van der Waals surface area contributed by atoms with Crippen LogP contribution < -0.4 is 16.0 Å². The molecule has 2 heterocycles. The number of carbonyl (C=O) groups is 1. The predicted molar refractivity (Wildman–Crippen MR) is 71.8 cm³/mol. The van der Waals surface area contributed by atoms with E-state index in [0.717, 1.165) is 25.2 Å². The monoisotopic (exact) mass is 248 g/mol. The number of aromatic nitrogens is 1. The Bertz CT molecular complexity index is 402. The van der Waals surface area contributed by atoms with Crippen molar-refractivity contribution in [1.82, 2.24) is 15.6 Å². The molecule has 0 aromatic carbocycles. The van der Waals surface area contributed by atoms with Gasteiger partial charge in [0.15, 0.2) is 0 Å². The summed E-state index contributed by atoms with van der Waals surface area (Å²) in [4.78, 5) is 15.5. The number of carbonyl (C=O) groups excluding carboxylic acids is 1. The van der Waals surface area contributed by atoms with Gasteiger partial charge in [-0.15, -0.1) is 0 Å². The largest absolute Gasteiger partial charge is 0.385 e. The lowest BCUT2D eigenvalue weighted by molar-refractivity contribution is 0.0958. The van der Waals surface area contributed by atoms with Crippen LogP contribution >= 0.6 is 0 Å². The minimum Gasteiger partial charge on any atom is -0.385 e. The quantitative estimate of drug-likeness (QED) is 0.727. The summed E-state index contributed by atoms with van der Waals surface area (Å²) >= 11 is 0. The summed E-state index contributed by atoms with van der Waals surface area (Å²) in [6.45, 7) is 2.05. The Morgan fingerprint density at radius 3 is 3.22 bits per heavy atom. The number of nitrogens with one attached hydrogen (secondary N) is 3. The van der Waals surface area contributed by atoms with Crippen LogP contribution in [0.15, 0.2) is 18.3 Å². The minimum atomic E-state index is -0.156. The van der Waals surface area contributed by atoms with Crippen molar-refractivity contribution >= 4 is 11.6 Å². The average Bonchev–Trinajstić information content (AvgIpc) is 2.91. The Morgan fingerprint density at radius 2 is 2.50 bits per heavy atom. The standard InChI is InChI=1S/C13H20N4O/c1-14-13(18)12-9-11(5-8-17-12)16-7-4-10-3-2-6-15-10/h5,8-10,15H,2-4,6-7H2,1H3,(H,14,18)(H,16,17)/t10-/m0/s1. The van der Waals surface area contributed by atoms with Crippen molar-refractivity contribution in [3.05, 3.63) is 24.0 Å². The van der Waals surface area contributed by atoms with E-state index in [2.05, 4.69) is 20.9 Å². The molecule has 1 aromatic rings. The van der Waals surface area contributed by atoms with E-state index in [9.17, 15) is 4.79 Å². The fraction of sp³-hybridized carbons (Fsp3) is 0.538. The number of anilines is 1. The van der Waals surface area contributed by atoms with Crippen LogP contribution in [-0.4, -0.2) is 37.1 Å². The van der Waals surface area contributed by atoms with Gasteiger partial charge in [0.2, 0.25) is 0 Å². The maximum absolute atomic E-state index is 11.4. The van der Waals surface area contributed by atoms with Crippen LogP contribution in [0.25, 0.3) is 0 Å². The van der Waals surface area contributed by atoms with E-state index in [-0.39, 0.29) is 5.91 Å². The van der Waals surface area contributed by atoms with E-state index in [4.69, 9.17) is 0 Å². The molecule has 1 amide bonds. The zero-order chi connectivity index (χ0) is 12.8. The van der Waals surface area contributed by atoms with Gasteiger partial charge in [0.25, 0.3) is 5.91 Å². The highest BCUT2D eigenvalue weighted by molar-refractivity contribution is 5.92. The highest BCUT2D eigenvalue weighted by atomic mass is 16.1. The van der Waals surface area contributed by atoms with Gasteiger partial charge < -0.3 is 16.0 Å². The first-order valence-corrected chi connectivity index (χ1v) is 6.45. The molecule has 0 unspecified atom stereocenters. The third-order valence-corrected chi connectivity index (χ3v) is 3.20. The highest BCUT2D eigenvalue weighted by Crippen LogP contribution is 2.11. The molecule has 1 aliphatic rings. The second-order valence-electron chi connectivity index (χ2n) is 4.52. The molecular formula is C13H20N4O. The van der Waals surface area contributed by atoms with Crippen LogP contribution in [0.4, 0.5) is 5.69 Å². The molecular weight excluding hydrogens is 228 g/mol. The van der Waals surface area contributed by atoms with E-state index in [0.29, 0.717) is 11.7 Å². The van der Waals surface area contributed by atoms with Crippen molar-refractivity contribution in [3.8, 4) is 0 Å². The molecule has 5 heteroatoms. The fourth-order valence-corrected chi connectivity index (χ4v) is 2.19. The van der Waals surface area contributed by atoms with Crippen molar-refractivity contribution in [2.24, 2.45) is 0 Å². The summed E-state index contributed by atoms with van der Waals surface area (Å²) in [5.41, 5.74) is 1.39. The number of rotatable bonds is 5. The summed E-state index contributed by atoms with van der Waals surface area (Å²) < 4.78 is 0. The maximum Gasteiger partial charge on any atom is 0.269 e. The molecule has 0 bridgehead atoms. The summed E-state index contributed by atoms with van der Waals surface area (Å²) in [5.74, 6) is -0.156. The smallest absolute Gasteiger partial charge is 0.269 e. The lowest BCUT2D eigenvalue weighted by atomic mass is 10.1. The van der Waals surface area contributed by atoms with Crippen LogP contribution in [0, 0.1) is 0 Å². The van der Waals surface area contributed by atoms with Crippen LogP contribution in [0.3, 0.4) is 0 Å². The first-order valence-electron chi connectivity index (χ1n) is 6.45. The van der Waals surface area contributed by atoms with Gasteiger partial charge in [-0.2, -0.15) is 0 Å². The molecule has 3 N–H and O–H groups in total. The Labute approximate surface area is 107 Å². The Morgan fingerprint density at radius 1 is 1.61 bits per heavy atom. The van der Waals surface area contributed by atoms with E-state index in [1.165, 1.54) is 12.8 Å². The molecule has 1 fully saturated rings. The molecule has 0 saturated carbocycles.